The molecule has 1 aliphatic rings. The van der Waals surface area contributed by atoms with Gasteiger partial charge in [-0.1, -0.05) is 0 Å². The number of hydrogen-bond acceptors (Lipinski definition) is 6. The number of hydrogen-bond donors (Lipinski definition) is 1. The lowest BCUT2D eigenvalue weighted by atomic mass is 10.0. The van der Waals surface area contributed by atoms with Gasteiger partial charge in [0.05, 0.1) is 17.6 Å². The number of methoxy groups -OCH3 is 1. The number of ether oxygens (including phenoxy) is 2. The molecular formula is C19H22ClN3O5. The molecule has 0 saturated carbocycles. The van der Waals surface area contributed by atoms with E-state index in [0.29, 0.717) is 24.6 Å². The normalized spacial score (nSPS) is 16.1. The number of likely N-dealkylation sites (tertiary alicyclic amines) is 1. The fourth-order valence-electron chi connectivity index (χ4n) is 3.02. The van der Waals surface area contributed by atoms with Gasteiger partial charge in [-0.3, -0.25) is 14.9 Å². The largest absolute Gasteiger partial charge is 0.497 e. The Bertz CT molecular complexity index is 844. The third kappa shape index (κ3) is 4.90. The van der Waals surface area contributed by atoms with Gasteiger partial charge in [-0.15, -0.1) is 12.4 Å². The number of nitrogens with two attached hydrogens (primary N) is 1. The van der Waals surface area contributed by atoms with Crippen LogP contribution in [0.5, 0.6) is 17.2 Å². The Balaban J connectivity index is 0.00000280. The van der Waals surface area contributed by atoms with Crippen LogP contribution in [0.1, 0.15) is 23.2 Å². The number of piperidine rings is 1. The Morgan fingerprint density at radius 3 is 2.50 bits per heavy atom. The first-order valence-corrected chi connectivity index (χ1v) is 8.63. The molecule has 0 bridgehead atoms. The molecule has 1 heterocycles. The van der Waals surface area contributed by atoms with Crippen LogP contribution in [0.25, 0.3) is 0 Å². The van der Waals surface area contributed by atoms with Crippen LogP contribution in [-0.2, 0) is 0 Å². The van der Waals surface area contributed by atoms with Crippen LogP contribution in [0.4, 0.5) is 5.69 Å². The standard InChI is InChI=1S/C19H21N3O5.ClH/c1-26-15-5-7-16(8-6-15)27-18-9-4-14(22(24)25)11-17(18)19(23)21-10-2-3-13(20)12-21;/h4-9,11,13H,2-3,10,12,20H2,1H3;1H. The number of nitrogens with zero attached hydrogens (tertiary/aromatic N) is 2. The lowest BCUT2D eigenvalue weighted by molar-refractivity contribution is -0.384. The van der Waals surface area contributed by atoms with Gasteiger partial charge in [-0.2, -0.15) is 0 Å². The van der Waals surface area contributed by atoms with E-state index < -0.39 is 4.92 Å². The van der Waals surface area contributed by atoms with Crippen molar-refractivity contribution in [1.82, 2.24) is 4.90 Å². The van der Waals surface area contributed by atoms with E-state index in [-0.39, 0.29) is 41.4 Å². The minimum absolute atomic E-state index is 0. The SMILES string of the molecule is COc1ccc(Oc2ccc([N+](=O)[O-])cc2C(=O)N2CCCC(N)C2)cc1.Cl. The Morgan fingerprint density at radius 2 is 1.89 bits per heavy atom. The van der Waals surface area contributed by atoms with E-state index in [2.05, 4.69) is 0 Å². The van der Waals surface area contributed by atoms with Crippen molar-refractivity contribution < 1.29 is 19.2 Å². The van der Waals surface area contributed by atoms with Gasteiger partial charge in [0, 0.05) is 31.3 Å². The summed E-state index contributed by atoms with van der Waals surface area (Å²) in [5.74, 6) is 1.10. The molecule has 0 radical (unpaired) electrons. The third-order valence-corrected chi connectivity index (χ3v) is 4.44. The summed E-state index contributed by atoms with van der Waals surface area (Å²) in [6.45, 7) is 0.987. The first-order valence-electron chi connectivity index (χ1n) is 8.63. The van der Waals surface area contributed by atoms with Gasteiger partial charge in [0.25, 0.3) is 11.6 Å². The molecule has 0 aromatic heterocycles. The second-order valence-electron chi connectivity index (χ2n) is 6.37. The lowest BCUT2D eigenvalue weighted by Crippen LogP contribution is -2.45. The number of carbonyl (C=O) groups excluding carboxylic acids is 1. The monoisotopic (exact) mass is 407 g/mol. The van der Waals surface area contributed by atoms with Gasteiger partial charge in [0.2, 0.25) is 0 Å². The average Bonchev–Trinajstić information content (AvgIpc) is 2.68. The summed E-state index contributed by atoms with van der Waals surface area (Å²) in [5.41, 5.74) is 5.95. The number of benzene rings is 2. The molecule has 8 nitrogen and oxygen atoms in total. The van der Waals surface area contributed by atoms with Crippen LogP contribution in [0.15, 0.2) is 42.5 Å². The van der Waals surface area contributed by atoms with Crippen LogP contribution in [0.3, 0.4) is 0 Å². The van der Waals surface area contributed by atoms with Crippen molar-refractivity contribution in [2.45, 2.75) is 18.9 Å². The number of carbonyl (C=O) groups is 1. The van der Waals surface area contributed by atoms with E-state index in [0.717, 1.165) is 12.8 Å². The van der Waals surface area contributed by atoms with Crippen LogP contribution >= 0.6 is 12.4 Å². The maximum absolute atomic E-state index is 13.0. The fraction of sp³-hybridized carbons (Fsp3) is 0.316. The van der Waals surface area contributed by atoms with Gasteiger partial charge in [-0.25, -0.2) is 0 Å². The molecule has 9 heteroatoms. The van der Waals surface area contributed by atoms with E-state index in [1.54, 1.807) is 36.3 Å². The summed E-state index contributed by atoms with van der Waals surface area (Å²) in [6, 6.07) is 10.8. The first kappa shape index (κ1) is 21.5. The van der Waals surface area contributed by atoms with Crippen LogP contribution in [0.2, 0.25) is 0 Å². The topological polar surface area (TPSA) is 108 Å². The molecule has 0 spiro atoms. The van der Waals surface area contributed by atoms with Gasteiger partial charge >= 0.3 is 0 Å². The highest BCUT2D eigenvalue weighted by Crippen LogP contribution is 2.31. The molecule has 28 heavy (non-hydrogen) atoms. The van der Waals surface area contributed by atoms with Crippen molar-refractivity contribution in [2.24, 2.45) is 5.73 Å². The summed E-state index contributed by atoms with van der Waals surface area (Å²) >= 11 is 0. The number of nitro benzene ring substituents is 1. The van der Waals surface area contributed by atoms with Crippen molar-refractivity contribution in [1.29, 1.82) is 0 Å². The summed E-state index contributed by atoms with van der Waals surface area (Å²) in [7, 11) is 1.56. The molecule has 1 aliphatic heterocycles. The Labute approximate surface area is 168 Å². The van der Waals surface area contributed by atoms with Crippen molar-refractivity contribution in [3.63, 3.8) is 0 Å². The molecule has 2 aromatic carbocycles. The van der Waals surface area contributed by atoms with Gasteiger partial charge < -0.3 is 20.1 Å². The summed E-state index contributed by atoms with van der Waals surface area (Å²) in [6.07, 6.45) is 1.66. The molecule has 150 valence electrons. The van der Waals surface area contributed by atoms with Crippen molar-refractivity contribution >= 4 is 24.0 Å². The Hall–Kier alpha value is -2.84. The highest BCUT2D eigenvalue weighted by atomic mass is 35.5. The predicted octanol–water partition coefficient (Wildman–Crippen LogP) is 3.38. The summed E-state index contributed by atoms with van der Waals surface area (Å²) in [4.78, 5) is 25.2. The summed E-state index contributed by atoms with van der Waals surface area (Å²) in [5, 5.41) is 11.2. The van der Waals surface area contributed by atoms with E-state index in [9.17, 15) is 14.9 Å². The van der Waals surface area contributed by atoms with Crippen molar-refractivity contribution in [2.75, 3.05) is 20.2 Å². The fourth-order valence-corrected chi connectivity index (χ4v) is 3.02. The smallest absolute Gasteiger partial charge is 0.270 e. The molecule has 1 fully saturated rings. The minimum Gasteiger partial charge on any atom is -0.497 e. The van der Waals surface area contributed by atoms with Crippen LogP contribution in [-0.4, -0.2) is 42.0 Å². The molecule has 1 unspecified atom stereocenters. The predicted molar refractivity (Wildman–Crippen MR) is 107 cm³/mol. The average molecular weight is 408 g/mol. The second-order valence-corrected chi connectivity index (χ2v) is 6.37. The van der Waals surface area contributed by atoms with Crippen molar-refractivity contribution in [3.8, 4) is 17.2 Å². The molecule has 1 atom stereocenters. The number of nitro groups is 1. The van der Waals surface area contributed by atoms with Crippen LogP contribution in [0, 0.1) is 10.1 Å². The molecular weight excluding hydrogens is 386 g/mol. The van der Waals surface area contributed by atoms with Crippen LogP contribution < -0.4 is 15.2 Å². The molecule has 3 rings (SSSR count). The third-order valence-electron chi connectivity index (χ3n) is 4.44. The maximum Gasteiger partial charge on any atom is 0.270 e. The maximum atomic E-state index is 13.0. The lowest BCUT2D eigenvalue weighted by Gasteiger charge is -2.31. The van der Waals surface area contributed by atoms with Gasteiger partial charge in [-0.05, 0) is 43.2 Å². The van der Waals surface area contributed by atoms with Gasteiger partial charge in [0.15, 0.2) is 0 Å². The number of non-ortho nitro benzene ring substituents is 1. The quantitative estimate of drug-likeness (QED) is 0.601. The zero-order valence-corrected chi connectivity index (χ0v) is 16.2. The number of halogens is 1. The van der Waals surface area contributed by atoms with E-state index >= 15 is 0 Å². The van der Waals surface area contributed by atoms with E-state index in [4.69, 9.17) is 15.2 Å². The Morgan fingerprint density at radius 1 is 1.21 bits per heavy atom. The summed E-state index contributed by atoms with van der Waals surface area (Å²) < 4.78 is 10.9. The van der Waals surface area contributed by atoms with Gasteiger partial charge in [0.1, 0.15) is 17.2 Å². The molecule has 2 aromatic rings. The Kier molecular flexibility index (Phi) is 7.19. The highest BCUT2D eigenvalue weighted by molar-refractivity contribution is 5.97. The number of amides is 1. The van der Waals surface area contributed by atoms with Crippen molar-refractivity contribution in [3.05, 3.63) is 58.1 Å². The number of rotatable bonds is 5. The zero-order chi connectivity index (χ0) is 19.4. The molecule has 1 saturated heterocycles. The van der Waals surface area contributed by atoms with E-state index in [1.165, 1.54) is 18.2 Å². The zero-order valence-electron chi connectivity index (χ0n) is 15.4. The first-order chi connectivity index (χ1) is 13.0. The van der Waals surface area contributed by atoms with E-state index in [1.807, 2.05) is 0 Å². The molecule has 1 amide bonds. The minimum atomic E-state index is -0.532. The highest BCUT2D eigenvalue weighted by Gasteiger charge is 2.26. The second kappa shape index (κ2) is 9.38. The molecule has 0 aliphatic carbocycles. The molecule has 2 N–H and O–H groups in total.